The van der Waals surface area contributed by atoms with Gasteiger partial charge in [0.05, 0.1) is 13.2 Å². The van der Waals surface area contributed by atoms with Gasteiger partial charge >= 0.3 is 15.6 Å². The molecule has 18 nitrogen and oxygen atoms in total. The van der Waals surface area contributed by atoms with Crippen molar-refractivity contribution in [3.8, 4) is 0 Å². The maximum atomic E-state index is 10.7. The number of hydrogen-bond acceptors (Lipinski definition) is 14. The van der Waals surface area contributed by atoms with E-state index in [4.69, 9.17) is 60.4 Å². The van der Waals surface area contributed by atoms with Crippen LogP contribution in [0.15, 0.2) is 0 Å². The summed E-state index contributed by atoms with van der Waals surface area (Å²) in [6, 6.07) is 0. The van der Waals surface area contributed by atoms with Crippen LogP contribution in [0.3, 0.4) is 0 Å². The van der Waals surface area contributed by atoms with Gasteiger partial charge in [-0.05, 0) is 0 Å². The van der Waals surface area contributed by atoms with Crippen molar-refractivity contribution in [3.05, 3.63) is 0 Å². The van der Waals surface area contributed by atoms with Crippen LogP contribution in [0.25, 0.3) is 0 Å². The van der Waals surface area contributed by atoms with E-state index < -0.39 is 90.3 Å². The van der Waals surface area contributed by atoms with E-state index in [2.05, 4.69) is 9.05 Å². The van der Waals surface area contributed by atoms with Crippen molar-refractivity contribution in [2.75, 3.05) is 26.4 Å². The largest absolute Gasteiger partial charge is 0.469 e. The third kappa shape index (κ3) is 15.1. The molecule has 0 rings (SSSR count). The molecule has 0 saturated carbocycles. The van der Waals surface area contributed by atoms with Gasteiger partial charge in [-0.3, -0.25) is 18.6 Å². The lowest BCUT2D eigenvalue weighted by Gasteiger charge is -2.21. The molecule has 0 radical (unpaired) electrons. The van der Waals surface area contributed by atoms with Crippen LogP contribution in [-0.2, 0) is 27.8 Å². The first-order chi connectivity index (χ1) is 14.4. The van der Waals surface area contributed by atoms with Crippen LogP contribution in [0.5, 0.6) is 0 Å². The summed E-state index contributed by atoms with van der Waals surface area (Å²) in [5.41, 5.74) is 0. The normalized spacial score (nSPS) is 17.9. The van der Waals surface area contributed by atoms with Crippen molar-refractivity contribution in [2.24, 2.45) is 0 Å². The van der Waals surface area contributed by atoms with E-state index in [9.17, 15) is 18.7 Å². The van der Waals surface area contributed by atoms with Gasteiger partial charge in [0, 0.05) is 0 Å². The van der Waals surface area contributed by atoms with E-state index in [1.54, 1.807) is 0 Å². The molecule has 0 fully saturated rings. The Hall–Kier alpha value is -0.760. The lowest BCUT2D eigenvalue weighted by molar-refractivity contribution is -0.143. The zero-order valence-corrected chi connectivity index (χ0v) is 17.8. The molecule has 0 spiro atoms. The molecule has 0 aromatic carbocycles. The summed E-state index contributed by atoms with van der Waals surface area (Å²) in [6.07, 6.45) is -11.9. The van der Waals surface area contributed by atoms with Gasteiger partial charge in [-0.1, -0.05) is 0 Å². The molecule has 6 atom stereocenters. The van der Waals surface area contributed by atoms with Crippen molar-refractivity contribution in [2.45, 2.75) is 36.6 Å². The standard InChI is InChI=1S/2C6H13O9P/c2*7-1-3(8)5(10)6(11)4(9)2-15-16(12,13)14/h2*4-7,9-11H,1-2H2,(H2,12,13,14). The first kappa shape index (κ1) is 33.4. The number of aliphatic hydroxyl groups excluding tert-OH is 8. The first-order valence-electron chi connectivity index (χ1n) is 8.13. The molecule has 20 heteroatoms. The maximum Gasteiger partial charge on any atom is 0.469 e. The van der Waals surface area contributed by atoms with Gasteiger partial charge in [0.2, 0.25) is 0 Å². The summed E-state index contributed by atoms with van der Waals surface area (Å²) < 4.78 is 28.2. The molecule has 0 heterocycles. The van der Waals surface area contributed by atoms with Crippen LogP contribution in [0, 0.1) is 0 Å². The van der Waals surface area contributed by atoms with Crippen molar-refractivity contribution in [1.29, 1.82) is 0 Å². The molecular formula is C12H26O18P2. The predicted octanol–water partition coefficient (Wildman–Crippen LogP) is -6.52. The fourth-order valence-electron chi connectivity index (χ4n) is 1.53. The van der Waals surface area contributed by atoms with E-state index in [1.165, 1.54) is 0 Å². The second kappa shape index (κ2) is 15.2. The summed E-state index contributed by atoms with van der Waals surface area (Å²) in [4.78, 5) is 54.5. The minimum atomic E-state index is -4.81. The second-order valence-corrected chi connectivity index (χ2v) is 8.31. The molecule has 0 aromatic rings. The predicted molar refractivity (Wildman–Crippen MR) is 96.2 cm³/mol. The van der Waals surface area contributed by atoms with Crippen LogP contribution in [0.4, 0.5) is 0 Å². The highest BCUT2D eigenvalue weighted by Crippen LogP contribution is 2.36. The number of carbonyl (C=O) groups is 2. The van der Waals surface area contributed by atoms with Crippen molar-refractivity contribution in [1.82, 2.24) is 0 Å². The lowest BCUT2D eigenvalue weighted by atomic mass is 10.1. The van der Waals surface area contributed by atoms with Gasteiger partial charge in [0.15, 0.2) is 11.6 Å². The number of aliphatic hydroxyl groups is 8. The third-order valence-electron chi connectivity index (χ3n) is 3.23. The Morgan fingerprint density at radius 3 is 1.06 bits per heavy atom. The third-order valence-corrected chi connectivity index (χ3v) is 4.20. The Balaban J connectivity index is 0. The average molecular weight is 520 g/mol. The van der Waals surface area contributed by atoms with Gasteiger partial charge in [0.1, 0.15) is 49.8 Å². The number of phosphoric acid groups is 2. The summed E-state index contributed by atoms with van der Waals surface area (Å²) in [5.74, 6) is -2.27. The smallest absolute Gasteiger partial charge is 0.388 e. The lowest BCUT2D eigenvalue weighted by Crippen LogP contribution is -2.45. The molecule has 0 amide bonds. The molecule has 0 aromatic heterocycles. The monoisotopic (exact) mass is 520 g/mol. The van der Waals surface area contributed by atoms with E-state index in [0.717, 1.165) is 0 Å². The molecule has 0 saturated heterocycles. The Morgan fingerprint density at radius 1 is 0.625 bits per heavy atom. The summed E-state index contributed by atoms with van der Waals surface area (Å²) in [7, 11) is -9.61. The van der Waals surface area contributed by atoms with Crippen LogP contribution in [0.1, 0.15) is 0 Å². The van der Waals surface area contributed by atoms with Crippen LogP contribution in [0.2, 0.25) is 0 Å². The Labute approximate surface area is 179 Å². The minimum Gasteiger partial charge on any atom is -0.388 e. The van der Waals surface area contributed by atoms with Crippen LogP contribution >= 0.6 is 15.6 Å². The molecule has 0 aliphatic carbocycles. The summed E-state index contributed by atoms with van der Waals surface area (Å²) in [6.45, 7) is -4.02. The Kier molecular flexibility index (Phi) is 15.9. The Morgan fingerprint density at radius 2 is 0.875 bits per heavy atom. The highest BCUT2D eigenvalue weighted by Gasteiger charge is 2.32. The molecule has 0 aliphatic heterocycles. The van der Waals surface area contributed by atoms with E-state index in [-0.39, 0.29) is 0 Å². The molecule has 12 N–H and O–H groups in total. The number of carbonyl (C=O) groups excluding carboxylic acids is 2. The van der Waals surface area contributed by atoms with Gasteiger partial charge in [0.25, 0.3) is 0 Å². The fraction of sp³-hybridized carbons (Fsp3) is 0.833. The van der Waals surface area contributed by atoms with E-state index in [0.29, 0.717) is 0 Å². The van der Waals surface area contributed by atoms with Crippen LogP contribution < -0.4 is 0 Å². The Bertz CT molecular complexity index is 602. The SMILES string of the molecule is O=C(CO)C(O)C(O)C(O)COP(=O)(O)O.O=C(CO)C(O)C(O)C(O)COP(=O)(O)O. The highest BCUT2D eigenvalue weighted by atomic mass is 31.2. The number of rotatable bonds is 14. The zero-order chi connectivity index (χ0) is 25.9. The average Bonchev–Trinajstić information content (AvgIpc) is 2.71. The van der Waals surface area contributed by atoms with E-state index in [1.807, 2.05) is 0 Å². The van der Waals surface area contributed by atoms with Crippen molar-refractivity contribution in [3.63, 3.8) is 0 Å². The fourth-order valence-corrected chi connectivity index (χ4v) is 2.23. The summed E-state index contributed by atoms with van der Waals surface area (Å²) >= 11 is 0. The number of phosphoric ester groups is 2. The van der Waals surface area contributed by atoms with Gasteiger partial charge in [-0.15, -0.1) is 0 Å². The molecular weight excluding hydrogens is 494 g/mol. The molecule has 6 unspecified atom stereocenters. The highest BCUT2D eigenvalue weighted by molar-refractivity contribution is 7.46. The minimum absolute atomic E-state index is 0.971. The molecule has 0 bridgehead atoms. The van der Waals surface area contributed by atoms with Crippen molar-refractivity contribution >= 4 is 27.2 Å². The van der Waals surface area contributed by atoms with Gasteiger partial charge in [-0.25, -0.2) is 9.13 Å². The van der Waals surface area contributed by atoms with Gasteiger partial charge in [-0.2, -0.15) is 0 Å². The second-order valence-electron chi connectivity index (χ2n) is 5.83. The molecule has 0 aliphatic rings. The zero-order valence-electron chi connectivity index (χ0n) is 16.0. The van der Waals surface area contributed by atoms with Gasteiger partial charge < -0.3 is 60.4 Å². The van der Waals surface area contributed by atoms with Crippen molar-refractivity contribution < 1.29 is 88.2 Å². The topological polar surface area (TPSA) is 330 Å². The van der Waals surface area contributed by atoms with E-state index >= 15 is 0 Å². The summed E-state index contributed by atoms with van der Waals surface area (Å²) in [5, 5.41) is 71.1. The quantitative estimate of drug-likeness (QED) is 0.0947. The first-order valence-corrected chi connectivity index (χ1v) is 11.2. The number of Topliss-reactive ketones (excluding diaryl/α,β-unsaturated/α-hetero) is 2. The maximum absolute atomic E-state index is 10.7. The molecule has 32 heavy (non-hydrogen) atoms. The number of ketones is 2. The molecule has 192 valence electrons. The number of hydrogen-bond donors (Lipinski definition) is 12. The van der Waals surface area contributed by atoms with Crippen LogP contribution in [-0.4, -0.2) is 135 Å².